The van der Waals surface area contributed by atoms with E-state index in [9.17, 15) is 10.1 Å². The molecule has 0 aromatic heterocycles. The average Bonchev–Trinajstić information content (AvgIpc) is 3.25. The number of nitrogens with one attached hydrogen (secondary N) is 1. The molecule has 186 valence electrons. The van der Waals surface area contributed by atoms with Gasteiger partial charge in [0.15, 0.2) is 0 Å². The number of alkyl carbamates (subject to hydrolysis) is 1. The highest BCUT2D eigenvalue weighted by atomic mass is 32.2. The molecule has 1 aliphatic heterocycles. The molecular formula is C25H37BN2O5S. The van der Waals surface area contributed by atoms with E-state index in [4.69, 9.17) is 18.8 Å². The summed E-state index contributed by atoms with van der Waals surface area (Å²) in [4.78, 5) is 13.3. The van der Waals surface area contributed by atoms with Crippen molar-refractivity contribution < 1.29 is 23.6 Å². The van der Waals surface area contributed by atoms with Crippen molar-refractivity contribution in [2.75, 3.05) is 12.9 Å². The van der Waals surface area contributed by atoms with Crippen molar-refractivity contribution in [3.63, 3.8) is 0 Å². The molecule has 0 spiro atoms. The number of rotatable bonds is 6. The highest BCUT2D eigenvalue weighted by Crippen LogP contribution is 2.38. The largest absolute Gasteiger partial charge is 0.495 e. The van der Waals surface area contributed by atoms with Crippen LogP contribution >= 0.6 is 11.8 Å². The minimum absolute atomic E-state index is 0.252. The summed E-state index contributed by atoms with van der Waals surface area (Å²) in [6, 6.07) is 6.05. The Balaban J connectivity index is 1.86. The van der Waals surface area contributed by atoms with Crippen molar-refractivity contribution in [3.05, 3.63) is 17.7 Å². The predicted octanol–water partition coefficient (Wildman–Crippen LogP) is 4.80. The Hall–Kier alpha value is -1.89. The average molecular weight is 488 g/mol. The number of hydrogen-bond acceptors (Lipinski definition) is 7. The first-order valence-corrected chi connectivity index (χ1v) is 13.0. The van der Waals surface area contributed by atoms with Crippen LogP contribution in [0.4, 0.5) is 4.79 Å². The fourth-order valence-corrected chi connectivity index (χ4v) is 4.81. The van der Waals surface area contributed by atoms with Crippen LogP contribution in [0.3, 0.4) is 0 Å². The van der Waals surface area contributed by atoms with Crippen LogP contribution in [0.2, 0.25) is 0 Å². The van der Waals surface area contributed by atoms with Gasteiger partial charge >= 0.3 is 13.2 Å². The van der Waals surface area contributed by atoms with Gasteiger partial charge in [-0.25, -0.2) is 4.79 Å². The number of carbonyl (C=O) groups excluding carboxylic acids is 1. The molecule has 0 unspecified atom stereocenters. The van der Waals surface area contributed by atoms with Crippen molar-refractivity contribution >= 4 is 30.4 Å². The van der Waals surface area contributed by atoms with E-state index >= 15 is 0 Å². The number of hydrogen-bond donors (Lipinski definition) is 1. The van der Waals surface area contributed by atoms with Gasteiger partial charge in [0, 0.05) is 4.90 Å². The third kappa shape index (κ3) is 5.84. The van der Waals surface area contributed by atoms with Crippen molar-refractivity contribution in [2.24, 2.45) is 0 Å². The molecule has 0 atom stereocenters. The Morgan fingerprint density at radius 1 is 1.18 bits per heavy atom. The maximum atomic E-state index is 12.5. The van der Waals surface area contributed by atoms with Crippen LogP contribution in [-0.4, -0.2) is 48.4 Å². The normalized spacial score (nSPS) is 20.6. The molecule has 34 heavy (non-hydrogen) atoms. The van der Waals surface area contributed by atoms with E-state index in [1.165, 1.54) is 11.8 Å². The molecule has 2 fully saturated rings. The number of nitriles is 1. The van der Waals surface area contributed by atoms with Gasteiger partial charge in [-0.1, -0.05) is 12.8 Å². The van der Waals surface area contributed by atoms with Gasteiger partial charge in [0.25, 0.3) is 0 Å². The second-order valence-corrected chi connectivity index (χ2v) is 12.0. The number of benzene rings is 1. The highest BCUT2D eigenvalue weighted by molar-refractivity contribution is 7.98. The summed E-state index contributed by atoms with van der Waals surface area (Å²) in [5.74, 6) is 0.469. The summed E-state index contributed by atoms with van der Waals surface area (Å²) in [7, 11) is -0.564. The lowest BCUT2D eigenvalue weighted by Crippen LogP contribution is -2.52. The molecule has 1 saturated carbocycles. The number of amides is 1. The summed E-state index contributed by atoms with van der Waals surface area (Å²) in [6.45, 7) is 13.8. The van der Waals surface area contributed by atoms with Crippen LogP contribution in [0.25, 0.3) is 0 Å². The molecule has 3 rings (SSSR count). The van der Waals surface area contributed by atoms with Gasteiger partial charge in [0.2, 0.25) is 0 Å². The van der Waals surface area contributed by atoms with E-state index in [-0.39, 0.29) is 6.61 Å². The number of ether oxygens (including phenoxy) is 2. The van der Waals surface area contributed by atoms with E-state index in [0.29, 0.717) is 11.3 Å². The summed E-state index contributed by atoms with van der Waals surface area (Å²) in [6.07, 6.45) is 5.05. The number of carbonyl (C=O) groups is 1. The maximum absolute atomic E-state index is 12.5. The van der Waals surface area contributed by atoms with Gasteiger partial charge in [-0.2, -0.15) is 5.26 Å². The molecule has 1 saturated heterocycles. The van der Waals surface area contributed by atoms with Crippen LogP contribution in [0, 0.1) is 11.3 Å². The Bertz CT molecular complexity index is 945. The topological polar surface area (TPSA) is 89.8 Å². The second kappa shape index (κ2) is 9.64. The Morgan fingerprint density at radius 3 is 2.26 bits per heavy atom. The van der Waals surface area contributed by atoms with Gasteiger partial charge in [0.1, 0.15) is 29.6 Å². The molecule has 1 aromatic carbocycles. The van der Waals surface area contributed by atoms with Crippen molar-refractivity contribution in [2.45, 2.75) is 101 Å². The van der Waals surface area contributed by atoms with Crippen LogP contribution in [0.15, 0.2) is 17.0 Å². The van der Waals surface area contributed by atoms with E-state index in [1.54, 1.807) is 0 Å². The lowest BCUT2D eigenvalue weighted by molar-refractivity contribution is 0.00578. The van der Waals surface area contributed by atoms with E-state index in [0.717, 1.165) is 36.0 Å². The third-order valence-electron chi connectivity index (χ3n) is 6.78. The summed E-state index contributed by atoms with van der Waals surface area (Å²) >= 11 is 1.48. The first-order chi connectivity index (χ1) is 15.7. The molecule has 1 aromatic rings. The van der Waals surface area contributed by atoms with Crippen molar-refractivity contribution in [1.82, 2.24) is 5.32 Å². The zero-order chi connectivity index (χ0) is 25.4. The van der Waals surface area contributed by atoms with Crippen LogP contribution < -0.4 is 15.5 Å². The monoisotopic (exact) mass is 488 g/mol. The van der Waals surface area contributed by atoms with Crippen LogP contribution in [-0.2, 0) is 14.0 Å². The molecule has 9 heteroatoms. The molecule has 0 radical (unpaired) electrons. The molecular weight excluding hydrogens is 451 g/mol. The van der Waals surface area contributed by atoms with Crippen LogP contribution in [0.5, 0.6) is 5.75 Å². The highest BCUT2D eigenvalue weighted by Gasteiger charge is 2.52. The van der Waals surface area contributed by atoms with Gasteiger partial charge in [0.05, 0.1) is 16.7 Å². The Morgan fingerprint density at radius 2 is 1.76 bits per heavy atom. The van der Waals surface area contributed by atoms with Gasteiger partial charge in [-0.15, -0.1) is 11.8 Å². The zero-order valence-corrected chi connectivity index (χ0v) is 22.5. The summed E-state index contributed by atoms with van der Waals surface area (Å²) in [5.41, 5.74) is -0.789. The Labute approximate surface area is 208 Å². The van der Waals surface area contributed by atoms with E-state index in [1.807, 2.05) is 66.9 Å². The zero-order valence-electron chi connectivity index (χ0n) is 21.7. The van der Waals surface area contributed by atoms with Gasteiger partial charge < -0.3 is 24.1 Å². The lowest BCUT2D eigenvalue weighted by atomic mass is 9.78. The summed E-state index contributed by atoms with van der Waals surface area (Å²) in [5, 5.41) is 12.9. The molecule has 2 aliphatic rings. The standard InChI is InChI=1S/C25H37BN2O5S/c1-22(2,3)31-21(29)28-25(11-9-10-12-25)16-30-19-13-17(14-20(34-8)18(19)15-27)26-32-23(4,5)24(6,7)33-26/h13-14H,9-12,16H2,1-8H3,(H,28,29). The molecule has 1 N–H and O–H groups in total. The Kier molecular flexibility index (Phi) is 7.57. The number of nitrogens with zero attached hydrogens (tertiary/aromatic N) is 1. The predicted molar refractivity (Wildman–Crippen MR) is 135 cm³/mol. The smallest absolute Gasteiger partial charge is 0.490 e. The van der Waals surface area contributed by atoms with E-state index < -0.39 is 35.6 Å². The molecule has 1 aliphatic carbocycles. The minimum atomic E-state index is -0.580. The maximum Gasteiger partial charge on any atom is 0.495 e. The molecule has 1 amide bonds. The third-order valence-corrected chi connectivity index (χ3v) is 7.54. The number of thioether (sulfide) groups is 1. The fourth-order valence-electron chi connectivity index (χ4n) is 4.20. The van der Waals surface area contributed by atoms with Crippen LogP contribution in [0.1, 0.15) is 79.7 Å². The van der Waals surface area contributed by atoms with Crippen molar-refractivity contribution in [1.29, 1.82) is 5.26 Å². The van der Waals surface area contributed by atoms with Gasteiger partial charge in [-0.05, 0) is 85.2 Å². The minimum Gasteiger partial charge on any atom is -0.490 e. The second-order valence-electron chi connectivity index (χ2n) is 11.2. The first kappa shape index (κ1) is 26.7. The van der Waals surface area contributed by atoms with E-state index in [2.05, 4.69) is 11.4 Å². The molecule has 7 nitrogen and oxygen atoms in total. The van der Waals surface area contributed by atoms with Gasteiger partial charge in [-0.3, -0.25) is 0 Å². The molecule has 0 bridgehead atoms. The quantitative estimate of drug-likeness (QED) is 0.455. The fraction of sp³-hybridized carbons (Fsp3) is 0.680. The van der Waals surface area contributed by atoms with Crippen molar-refractivity contribution in [3.8, 4) is 11.8 Å². The summed E-state index contributed by atoms with van der Waals surface area (Å²) < 4.78 is 24.2. The lowest BCUT2D eigenvalue weighted by Gasteiger charge is -2.32. The SMILES string of the molecule is CSc1cc(B2OC(C)(C)C(C)(C)O2)cc(OCC2(NC(=O)OC(C)(C)C)CCCC2)c1C#N. The first-order valence-electron chi connectivity index (χ1n) is 11.8. The molecule has 1 heterocycles.